The van der Waals surface area contributed by atoms with Crippen LogP contribution >= 0.6 is 22.6 Å². The molecule has 0 aliphatic rings. The lowest BCUT2D eigenvalue weighted by Crippen LogP contribution is -2.03. The molecule has 0 saturated heterocycles. The molecule has 1 N–H and O–H groups in total. The maximum absolute atomic E-state index is 11.0. The van der Waals surface area contributed by atoms with E-state index in [0.717, 1.165) is 14.9 Å². The van der Waals surface area contributed by atoms with Gasteiger partial charge in [0.2, 0.25) is 0 Å². The van der Waals surface area contributed by atoms with Gasteiger partial charge in [-0.1, -0.05) is 12.1 Å². The molecule has 0 atom stereocenters. The summed E-state index contributed by atoms with van der Waals surface area (Å²) in [6, 6.07) is 12.7. The van der Waals surface area contributed by atoms with Crippen LogP contribution in [0.25, 0.3) is 0 Å². The summed E-state index contributed by atoms with van der Waals surface area (Å²) in [6.07, 6.45) is 0. The summed E-state index contributed by atoms with van der Waals surface area (Å²) in [6.45, 7) is 2.90. The second kappa shape index (κ2) is 7.26. The molecule has 0 saturated carbocycles. The molecule has 2 aromatic carbocycles. The second-order valence-corrected chi connectivity index (χ2v) is 5.52. The zero-order valence-corrected chi connectivity index (χ0v) is 13.7. The molecule has 0 fully saturated rings. The summed E-state index contributed by atoms with van der Waals surface area (Å²) in [5.41, 5.74) is 1.48. The molecule has 0 aromatic heterocycles. The van der Waals surface area contributed by atoms with Gasteiger partial charge in [-0.2, -0.15) is 0 Å². The maximum Gasteiger partial charge on any atom is 0.292 e. The number of para-hydroxylation sites is 1. The number of hydrogen-bond acceptors (Lipinski definition) is 4. The van der Waals surface area contributed by atoms with Crippen molar-refractivity contribution in [3.63, 3.8) is 0 Å². The Balaban J connectivity index is 2.15. The number of nitro benzene ring substituents is 1. The highest BCUT2D eigenvalue weighted by molar-refractivity contribution is 14.1. The van der Waals surface area contributed by atoms with Crippen LogP contribution < -0.4 is 10.1 Å². The normalized spacial score (nSPS) is 10.2. The number of nitrogens with one attached hydrogen (secondary N) is 1. The van der Waals surface area contributed by atoms with Gasteiger partial charge in [-0.25, -0.2) is 0 Å². The van der Waals surface area contributed by atoms with E-state index in [9.17, 15) is 10.1 Å². The van der Waals surface area contributed by atoms with E-state index >= 15 is 0 Å². The van der Waals surface area contributed by atoms with Crippen LogP contribution in [-0.2, 0) is 6.61 Å². The van der Waals surface area contributed by atoms with Gasteiger partial charge >= 0.3 is 0 Å². The van der Waals surface area contributed by atoms with Crippen molar-refractivity contribution in [3.8, 4) is 5.75 Å². The third-order valence-corrected chi connectivity index (χ3v) is 3.75. The summed E-state index contributed by atoms with van der Waals surface area (Å²) in [5.74, 6) is 0.807. The standard InChI is InChI=1S/C15H15IN2O3/c1-2-17-13-9-11(7-8-14(13)18(19)20)10-21-15-6-4-3-5-12(15)16/h3-9,17H,2,10H2,1H3. The monoisotopic (exact) mass is 398 g/mol. The highest BCUT2D eigenvalue weighted by Crippen LogP contribution is 2.26. The van der Waals surface area contributed by atoms with Crippen LogP contribution in [0.2, 0.25) is 0 Å². The van der Waals surface area contributed by atoms with E-state index in [0.29, 0.717) is 18.8 Å². The van der Waals surface area contributed by atoms with Gasteiger partial charge in [0.05, 0.1) is 8.49 Å². The molecule has 0 unspecified atom stereocenters. The molecule has 0 amide bonds. The molecule has 0 aliphatic carbocycles. The van der Waals surface area contributed by atoms with E-state index in [1.165, 1.54) is 6.07 Å². The first kappa shape index (κ1) is 15.6. The zero-order valence-electron chi connectivity index (χ0n) is 11.5. The SMILES string of the molecule is CCNc1cc(COc2ccccc2I)ccc1[N+](=O)[O-]. The molecule has 21 heavy (non-hydrogen) atoms. The minimum Gasteiger partial charge on any atom is -0.488 e. The third kappa shape index (κ3) is 4.07. The topological polar surface area (TPSA) is 64.4 Å². The Labute approximate surface area is 136 Å². The van der Waals surface area contributed by atoms with Crippen LogP contribution in [0.4, 0.5) is 11.4 Å². The predicted octanol–water partition coefficient (Wildman–Crippen LogP) is 4.21. The van der Waals surface area contributed by atoms with Crippen LogP contribution in [0.1, 0.15) is 12.5 Å². The van der Waals surface area contributed by atoms with E-state index in [1.54, 1.807) is 12.1 Å². The number of ether oxygens (including phenoxy) is 1. The highest BCUT2D eigenvalue weighted by atomic mass is 127. The fourth-order valence-electron chi connectivity index (χ4n) is 1.89. The van der Waals surface area contributed by atoms with Gasteiger partial charge in [0, 0.05) is 12.6 Å². The Morgan fingerprint density at radius 1 is 1.29 bits per heavy atom. The summed E-state index contributed by atoms with van der Waals surface area (Å²) in [7, 11) is 0. The Morgan fingerprint density at radius 3 is 2.71 bits per heavy atom. The average molecular weight is 398 g/mol. The van der Waals surface area contributed by atoms with Crippen LogP contribution in [0.15, 0.2) is 42.5 Å². The van der Waals surface area contributed by atoms with E-state index in [-0.39, 0.29) is 10.6 Å². The molecule has 0 aliphatic heterocycles. The lowest BCUT2D eigenvalue weighted by Gasteiger charge is -2.10. The quantitative estimate of drug-likeness (QED) is 0.450. The second-order valence-electron chi connectivity index (χ2n) is 4.36. The van der Waals surface area contributed by atoms with Crippen molar-refractivity contribution in [2.24, 2.45) is 0 Å². The smallest absolute Gasteiger partial charge is 0.292 e. The lowest BCUT2D eigenvalue weighted by atomic mass is 10.2. The third-order valence-electron chi connectivity index (χ3n) is 2.86. The molecule has 0 heterocycles. The van der Waals surface area contributed by atoms with Crippen molar-refractivity contribution in [3.05, 3.63) is 61.7 Å². The highest BCUT2D eigenvalue weighted by Gasteiger charge is 2.13. The van der Waals surface area contributed by atoms with Crippen molar-refractivity contribution in [2.45, 2.75) is 13.5 Å². The van der Waals surface area contributed by atoms with Gasteiger partial charge in [0.25, 0.3) is 5.69 Å². The summed E-state index contributed by atoms with van der Waals surface area (Å²) < 4.78 is 6.78. The number of rotatable bonds is 6. The number of anilines is 1. The van der Waals surface area contributed by atoms with E-state index in [1.807, 2.05) is 31.2 Å². The van der Waals surface area contributed by atoms with Crippen LogP contribution in [0, 0.1) is 13.7 Å². The Kier molecular flexibility index (Phi) is 5.38. The fourth-order valence-corrected chi connectivity index (χ4v) is 2.43. The molecule has 110 valence electrons. The van der Waals surface area contributed by atoms with E-state index < -0.39 is 0 Å². The number of nitrogens with zero attached hydrogens (tertiary/aromatic N) is 1. The minimum absolute atomic E-state index is 0.0786. The predicted molar refractivity (Wildman–Crippen MR) is 90.8 cm³/mol. The van der Waals surface area contributed by atoms with E-state index in [2.05, 4.69) is 27.9 Å². The number of nitro groups is 1. The molecule has 2 rings (SSSR count). The van der Waals surface area contributed by atoms with Gasteiger partial charge in [-0.15, -0.1) is 0 Å². The molecule has 6 heteroatoms. The maximum atomic E-state index is 11.0. The molecule has 2 aromatic rings. The first-order valence-electron chi connectivity index (χ1n) is 6.50. The largest absolute Gasteiger partial charge is 0.488 e. The molecule has 0 bridgehead atoms. The van der Waals surface area contributed by atoms with Crippen molar-refractivity contribution >= 4 is 34.0 Å². The number of halogens is 1. The minimum atomic E-state index is -0.386. The zero-order chi connectivity index (χ0) is 15.2. The van der Waals surface area contributed by atoms with Crippen LogP contribution in [0.3, 0.4) is 0 Å². The van der Waals surface area contributed by atoms with Crippen molar-refractivity contribution in [2.75, 3.05) is 11.9 Å². The Bertz CT molecular complexity index is 647. The van der Waals surface area contributed by atoms with Crippen molar-refractivity contribution in [1.82, 2.24) is 0 Å². The first-order chi connectivity index (χ1) is 10.1. The van der Waals surface area contributed by atoms with Gasteiger partial charge in [-0.3, -0.25) is 10.1 Å². The average Bonchev–Trinajstić information content (AvgIpc) is 2.46. The molecule has 5 nitrogen and oxygen atoms in total. The Morgan fingerprint density at radius 2 is 2.05 bits per heavy atom. The number of benzene rings is 2. The van der Waals surface area contributed by atoms with Crippen molar-refractivity contribution in [1.29, 1.82) is 0 Å². The van der Waals surface area contributed by atoms with Gasteiger partial charge in [0.1, 0.15) is 18.0 Å². The van der Waals surface area contributed by atoms with Gasteiger partial charge < -0.3 is 10.1 Å². The molecular weight excluding hydrogens is 383 g/mol. The van der Waals surface area contributed by atoms with Crippen LogP contribution in [-0.4, -0.2) is 11.5 Å². The molecule has 0 radical (unpaired) electrons. The molecular formula is C15H15IN2O3. The van der Waals surface area contributed by atoms with Gasteiger partial charge in [-0.05, 0) is 59.3 Å². The molecule has 0 spiro atoms. The van der Waals surface area contributed by atoms with Gasteiger partial charge in [0.15, 0.2) is 0 Å². The van der Waals surface area contributed by atoms with Crippen LogP contribution in [0.5, 0.6) is 5.75 Å². The first-order valence-corrected chi connectivity index (χ1v) is 7.58. The Hall–Kier alpha value is -1.83. The lowest BCUT2D eigenvalue weighted by molar-refractivity contribution is -0.384. The summed E-state index contributed by atoms with van der Waals surface area (Å²) >= 11 is 2.21. The van der Waals surface area contributed by atoms with E-state index in [4.69, 9.17) is 4.74 Å². The number of hydrogen-bond donors (Lipinski definition) is 1. The summed E-state index contributed by atoms with van der Waals surface area (Å²) in [5, 5.41) is 14.0. The van der Waals surface area contributed by atoms with Crippen molar-refractivity contribution < 1.29 is 9.66 Å². The fraction of sp³-hybridized carbons (Fsp3) is 0.200. The summed E-state index contributed by atoms with van der Waals surface area (Å²) in [4.78, 5) is 10.6.